The lowest BCUT2D eigenvalue weighted by Crippen LogP contribution is -2.26. The van der Waals surface area contributed by atoms with Crippen LogP contribution in [0.5, 0.6) is 0 Å². The molecular weight excluding hydrogens is 294 g/mol. The zero-order valence-electron chi connectivity index (χ0n) is 11.1. The molecule has 20 heavy (non-hydrogen) atoms. The van der Waals surface area contributed by atoms with Crippen molar-refractivity contribution in [1.82, 2.24) is 9.29 Å². The van der Waals surface area contributed by atoms with Crippen LogP contribution in [0, 0.1) is 18.3 Å². The standard InChI is InChI=1S/C13H13N3O2S2/c1-10-15-12(9-19-10)8-16(2)20(17,18)13-5-3-4-11(6-13)7-14/h3-6,9H,8H2,1-2H3. The van der Waals surface area contributed by atoms with E-state index >= 15 is 0 Å². The second-order valence-electron chi connectivity index (χ2n) is 4.26. The van der Waals surface area contributed by atoms with E-state index in [1.165, 1.54) is 34.8 Å². The fourth-order valence-corrected chi connectivity index (χ4v) is 3.49. The number of sulfonamides is 1. The maximum Gasteiger partial charge on any atom is 0.243 e. The van der Waals surface area contributed by atoms with Crippen LogP contribution in [0.1, 0.15) is 16.3 Å². The van der Waals surface area contributed by atoms with E-state index in [2.05, 4.69) is 4.98 Å². The Hall–Kier alpha value is -1.75. The number of hydrogen-bond acceptors (Lipinski definition) is 5. The van der Waals surface area contributed by atoms with Crippen molar-refractivity contribution in [1.29, 1.82) is 5.26 Å². The summed E-state index contributed by atoms with van der Waals surface area (Å²) in [6, 6.07) is 7.93. The highest BCUT2D eigenvalue weighted by Crippen LogP contribution is 2.18. The predicted molar refractivity (Wildman–Crippen MR) is 76.7 cm³/mol. The van der Waals surface area contributed by atoms with Crippen molar-refractivity contribution in [3.63, 3.8) is 0 Å². The fraction of sp³-hybridized carbons (Fsp3) is 0.231. The van der Waals surface area contributed by atoms with Gasteiger partial charge in [-0.1, -0.05) is 6.07 Å². The lowest BCUT2D eigenvalue weighted by atomic mass is 10.2. The molecule has 0 saturated heterocycles. The Morgan fingerprint density at radius 1 is 1.45 bits per heavy atom. The van der Waals surface area contributed by atoms with Crippen molar-refractivity contribution in [2.75, 3.05) is 7.05 Å². The number of nitrogens with zero attached hydrogens (tertiary/aromatic N) is 3. The van der Waals surface area contributed by atoms with Crippen molar-refractivity contribution in [3.05, 3.63) is 45.9 Å². The Morgan fingerprint density at radius 3 is 2.80 bits per heavy atom. The lowest BCUT2D eigenvalue weighted by molar-refractivity contribution is 0.463. The van der Waals surface area contributed by atoms with Gasteiger partial charge in [0.2, 0.25) is 10.0 Å². The highest BCUT2D eigenvalue weighted by Gasteiger charge is 2.21. The first-order chi connectivity index (χ1) is 9.43. The molecule has 1 heterocycles. The first-order valence-corrected chi connectivity index (χ1v) is 8.13. The summed E-state index contributed by atoms with van der Waals surface area (Å²) in [7, 11) is -2.11. The van der Waals surface area contributed by atoms with Crippen molar-refractivity contribution in [3.8, 4) is 6.07 Å². The topological polar surface area (TPSA) is 74.1 Å². The van der Waals surface area contributed by atoms with Crippen LogP contribution in [0.3, 0.4) is 0 Å². The molecule has 2 rings (SSSR count). The Balaban J connectivity index is 2.27. The molecule has 0 aliphatic rings. The van der Waals surface area contributed by atoms with Crippen LogP contribution >= 0.6 is 11.3 Å². The normalized spacial score (nSPS) is 11.5. The Morgan fingerprint density at radius 2 is 2.20 bits per heavy atom. The number of thiazole rings is 1. The molecule has 2 aromatic rings. The van der Waals surface area contributed by atoms with E-state index in [-0.39, 0.29) is 11.4 Å². The average Bonchev–Trinajstić information content (AvgIpc) is 2.84. The molecule has 0 N–H and O–H groups in total. The zero-order valence-corrected chi connectivity index (χ0v) is 12.7. The van der Waals surface area contributed by atoms with Gasteiger partial charge in [0.1, 0.15) is 0 Å². The van der Waals surface area contributed by atoms with Gasteiger partial charge in [0.25, 0.3) is 0 Å². The van der Waals surface area contributed by atoms with Gasteiger partial charge in [-0.2, -0.15) is 9.57 Å². The Bertz CT molecular complexity index is 760. The van der Waals surface area contributed by atoms with E-state index in [9.17, 15) is 8.42 Å². The number of rotatable bonds is 4. The minimum absolute atomic E-state index is 0.117. The monoisotopic (exact) mass is 307 g/mol. The molecule has 0 aliphatic carbocycles. The first-order valence-electron chi connectivity index (χ1n) is 5.81. The lowest BCUT2D eigenvalue weighted by Gasteiger charge is -2.16. The van der Waals surface area contributed by atoms with Crippen LogP contribution in [-0.4, -0.2) is 24.8 Å². The molecule has 0 bridgehead atoms. The Labute approximate surface area is 122 Å². The van der Waals surface area contributed by atoms with E-state index in [1.54, 1.807) is 12.1 Å². The number of aryl methyl sites for hydroxylation is 1. The highest BCUT2D eigenvalue weighted by atomic mass is 32.2. The van der Waals surface area contributed by atoms with Crippen LogP contribution < -0.4 is 0 Å². The molecule has 0 radical (unpaired) electrons. The van der Waals surface area contributed by atoms with Crippen LogP contribution in [0.15, 0.2) is 34.5 Å². The van der Waals surface area contributed by atoms with E-state index in [4.69, 9.17) is 5.26 Å². The second kappa shape index (κ2) is 5.71. The van der Waals surface area contributed by atoms with Gasteiger partial charge in [0, 0.05) is 12.4 Å². The van der Waals surface area contributed by atoms with E-state index in [0.717, 1.165) is 10.7 Å². The SMILES string of the molecule is Cc1nc(CN(C)S(=O)(=O)c2cccc(C#N)c2)cs1. The van der Waals surface area contributed by atoms with Gasteiger partial charge in [0.05, 0.1) is 33.8 Å². The molecule has 0 unspecified atom stereocenters. The van der Waals surface area contributed by atoms with Gasteiger partial charge >= 0.3 is 0 Å². The van der Waals surface area contributed by atoms with E-state index < -0.39 is 10.0 Å². The zero-order chi connectivity index (χ0) is 14.8. The van der Waals surface area contributed by atoms with Crippen LogP contribution in [0.2, 0.25) is 0 Å². The first kappa shape index (κ1) is 14.7. The van der Waals surface area contributed by atoms with Gasteiger partial charge in [-0.05, 0) is 25.1 Å². The number of hydrogen-bond donors (Lipinski definition) is 0. The maximum absolute atomic E-state index is 12.4. The summed E-state index contributed by atoms with van der Waals surface area (Å²) in [6.45, 7) is 2.09. The van der Waals surface area contributed by atoms with Gasteiger partial charge in [-0.3, -0.25) is 0 Å². The molecule has 0 fully saturated rings. The molecule has 104 valence electrons. The fourth-order valence-electron chi connectivity index (χ4n) is 1.70. The maximum atomic E-state index is 12.4. The van der Waals surface area contributed by atoms with Crippen LogP contribution in [-0.2, 0) is 16.6 Å². The summed E-state index contributed by atoms with van der Waals surface area (Å²) in [6.07, 6.45) is 0. The summed E-state index contributed by atoms with van der Waals surface area (Å²) >= 11 is 1.48. The molecular formula is C13H13N3O2S2. The molecule has 0 aliphatic heterocycles. The molecule has 7 heteroatoms. The van der Waals surface area contributed by atoms with Gasteiger partial charge < -0.3 is 0 Å². The molecule has 1 aromatic carbocycles. The largest absolute Gasteiger partial charge is 0.245 e. The Kier molecular flexibility index (Phi) is 4.18. The number of benzene rings is 1. The van der Waals surface area contributed by atoms with Gasteiger partial charge in [-0.15, -0.1) is 11.3 Å². The second-order valence-corrected chi connectivity index (χ2v) is 7.37. The average molecular weight is 307 g/mol. The molecule has 0 saturated carbocycles. The molecule has 0 spiro atoms. The number of nitriles is 1. The predicted octanol–water partition coefficient (Wildman–Crippen LogP) is 2.14. The van der Waals surface area contributed by atoms with Crippen LogP contribution in [0.25, 0.3) is 0 Å². The van der Waals surface area contributed by atoms with Gasteiger partial charge in [0.15, 0.2) is 0 Å². The minimum Gasteiger partial charge on any atom is -0.245 e. The number of aromatic nitrogens is 1. The van der Waals surface area contributed by atoms with Crippen molar-refractivity contribution >= 4 is 21.4 Å². The molecule has 0 amide bonds. The summed E-state index contributed by atoms with van der Waals surface area (Å²) in [5.41, 5.74) is 1.04. The van der Waals surface area contributed by atoms with Gasteiger partial charge in [-0.25, -0.2) is 13.4 Å². The smallest absolute Gasteiger partial charge is 0.243 e. The van der Waals surface area contributed by atoms with E-state index in [0.29, 0.717) is 5.56 Å². The summed E-state index contributed by atoms with van der Waals surface area (Å²) in [5.74, 6) is 0. The van der Waals surface area contributed by atoms with Crippen molar-refractivity contribution in [2.24, 2.45) is 0 Å². The van der Waals surface area contributed by atoms with Crippen LogP contribution in [0.4, 0.5) is 0 Å². The molecule has 1 aromatic heterocycles. The summed E-state index contributed by atoms with van der Waals surface area (Å²) in [4.78, 5) is 4.37. The molecule has 5 nitrogen and oxygen atoms in total. The third-order valence-electron chi connectivity index (χ3n) is 2.72. The quantitative estimate of drug-likeness (QED) is 0.867. The molecule has 0 atom stereocenters. The third kappa shape index (κ3) is 3.04. The third-order valence-corrected chi connectivity index (χ3v) is 5.34. The minimum atomic E-state index is -3.61. The summed E-state index contributed by atoms with van der Waals surface area (Å²) < 4.78 is 26.0. The highest BCUT2D eigenvalue weighted by molar-refractivity contribution is 7.89. The van der Waals surface area contributed by atoms with Crippen molar-refractivity contribution in [2.45, 2.75) is 18.4 Å². The summed E-state index contributed by atoms with van der Waals surface area (Å²) in [5, 5.41) is 11.6. The van der Waals surface area contributed by atoms with E-state index in [1.807, 2.05) is 18.4 Å². The van der Waals surface area contributed by atoms with Crippen molar-refractivity contribution < 1.29 is 8.42 Å².